The molecule has 4 aromatic carbocycles. The maximum absolute atomic E-state index is 4.94. The van der Waals surface area contributed by atoms with Gasteiger partial charge in [0.2, 0.25) is 0 Å². The van der Waals surface area contributed by atoms with Crippen molar-refractivity contribution < 1.29 is 0 Å². The number of para-hydroxylation sites is 2. The summed E-state index contributed by atoms with van der Waals surface area (Å²) < 4.78 is 0. The zero-order chi connectivity index (χ0) is 35.1. The number of nitrogens with zero attached hydrogens (tertiary/aromatic N) is 6. The normalized spacial score (nSPS) is 15.8. The van der Waals surface area contributed by atoms with Gasteiger partial charge in [0.05, 0.1) is 11.4 Å². The lowest BCUT2D eigenvalue weighted by Crippen LogP contribution is -2.31. The lowest BCUT2D eigenvalue weighted by molar-refractivity contribution is 0.346. The monoisotopic (exact) mass is 676 g/mol. The van der Waals surface area contributed by atoms with Gasteiger partial charge in [0, 0.05) is 58.0 Å². The minimum atomic E-state index is -0.0789. The van der Waals surface area contributed by atoms with Crippen LogP contribution in [0.25, 0.3) is 34.2 Å². The van der Waals surface area contributed by atoms with Crippen molar-refractivity contribution >= 4 is 17.1 Å². The molecule has 4 heterocycles. The van der Waals surface area contributed by atoms with Crippen LogP contribution in [-0.4, -0.2) is 24.9 Å². The second-order valence-electron chi connectivity index (χ2n) is 14.5. The number of pyridine rings is 2. The Labute approximate surface area is 305 Å². The van der Waals surface area contributed by atoms with Gasteiger partial charge in [-0.3, -0.25) is 9.97 Å². The summed E-state index contributed by atoms with van der Waals surface area (Å²) in [7, 11) is 0. The highest BCUT2D eigenvalue weighted by molar-refractivity contribution is 5.85. The largest absolute Gasteiger partial charge is 0.310 e. The maximum Gasteiger partial charge on any atom is 0.164 e. The molecule has 1 aliphatic carbocycles. The van der Waals surface area contributed by atoms with E-state index in [4.69, 9.17) is 15.0 Å². The molecule has 0 spiro atoms. The maximum atomic E-state index is 4.94. The quantitative estimate of drug-likeness (QED) is 0.175. The van der Waals surface area contributed by atoms with Crippen molar-refractivity contribution in [2.75, 3.05) is 4.90 Å². The topological polar surface area (TPSA) is 67.7 Å². The molecular formula is C46H40N6. The average molecular weight is 677 g/mol. The third-order valence-electron chi connectivity index (χ3n) is 11.2. The Morgan fingerprint density at radius 2 is 0.885 bits per heavy atom. The SMILES string of the molecule is CC1(C)c2ccccc2N(c2ccc(C3(c4ccc(-c5nc(-c6ccncc6)nc(-c6ccncc6)n5)cc4)CCCCC3)cc2)c2ccccc21. The Balaban J connectivity index is 1.09. The number of fused-ring (bicyclic) bond motifs is 2. The van der Waals surface area contributed by atoms with E-state index in [1.165, 1.54) is 58.6 Å². The van der Waals surface area contributed by atoms with E-state index in [-0.39, 0.29) is 10.8 Å². The summed E-state index contributed by atoms with van der Waals surface area (Å²) >= 11 is 0. The number of hydrogen-bond donors (Lipinski definition) is 0. The molecule has 7 aromatic rings. The highest BCUT2D eigenvalue weighted by Crippen LogP contribution is 2.52. The summed E-state index contributed by atoms with van der Waals surface area (Å²) in [6, 6.07) is 43.8. The molecule has 0 bridgehead atoms. The smallest absolute Gasteiger partial charge is 0.164 e. The first kappa shape index (κ1) is 31.9. The molecule has 254 valence electrons. The fourth-order valence-corrected chi connectivity index (χ4v) is 8.48. The van der Waals surface area contributed by atoms with Gasteiger partial charge < -0.3 is 4.90 Å². The molecule has 3 aromatic heterocycles. The van der Waals surface area contributed by atoms with Crippen molar-refractivity contribution in [1.29, 1.82) is 0 Å². The van der Waals surface area contributed by atoms with Crippen LogP contribution in [-0.2, 0) is 10.8 Å². The lowest BCUT2D eigenvalue weighted by atomic mass is 9.65. The molecule has 0 radical (unpaired) electrons. The Morgan fingerprint density at radius 1 is 0.462 bits per heavy atom. The van der Waals surface area contributed by atoms with Gasteiger partial charge in [-0.25, -0.2) is 15.0 Å². The predicted molar refractivity (Wildman–Crippen MR) is 209 cm³/mol. The van der Waals surface area contributed by atoms with E-state index in [1.54, 1.807) is 24.8 Å². The fraction of sp³-hybridized carbons (Fsp3) is 0.196. The molecule has 6 heteroatoms. The van der Waals surface area contributed by atoms with E-state index in [9.17, 15) is 0 Å². The molecule has 0 atom stereocenters. The molecule has 1 saturated carbocycles. The van der Waals surface area contributed by atoms with Gasteiger partial charge in [-0.1, -0.05) is 106 Å². The van der Waals surface area contributed by atoms with Crippen molar-refractivity contribution in [3.8, 4) is 34.2 Å². The zero-order valence-corrected chi connectivity index (χ0v) is 29.6. The molecule has 52 heavy (non-hydrogen) atoms. The molecule has 1 aliphatic heterocycles. The summed E-state index contributed by atoms with van der Waals surface area (Å²) in [4.78, 5) is 25.5. The number of rotatable bonds is 6. The first-order valence-electron chi connectivity index (χ1n) is 18.3. The molecule has 0 saturated heterocycles. The minimum absolute atomic E-state index is 0.0570. The van der Waals surface area contributed by atoms with E-state index in [1.807, 2.05) is 24.3 Å². The van der Waals surface area contributed by atoms with Crippen LogP contribution in [0.5, 0.6) is 0 Å². The summed E-state index contributed by atoms with van der Waals surface area (Å²) in [5.41, 5.74) is 11.7. The number of aromatic nitrogens is 5. The first-order chi connectivity index (χ1) is 25.5. The van der Waals surface area contributed by atoms with E-state index in [2.05, 4.69) is 126 Å². The molecule has 0 unspecified atom stereocenters. The fourth-order valence-electron chi connectivity index (χ4n) is 8.48. The van der Waals surface area contributed by atoms with Gasteiger partial charge in [-0.05, 0) is 83.6 Å². The van der Waals surface area contributed by atoms with Gasteiger partial charge in [0.15, 0.2) is 17.5 Å². The number of hydrogen-bond acceptors (Lipinski definition) is 6. The van der Waals surface area contributed by atoms with Crippen molar-refractivity contribution in [2.45, 2.75) is 56.8 Å². The molecule has 1 fully saturated rings. The van der Waals surface area contributed by atoms with Gasteiger partial charge >= 0.3 is 0 Å². The molecular weight excluding hydrogens is 637 g/mol. The second-order valence-corrected chi connectivity index (χ2v) is 14.5. The summed E-state index contributed by atoms with van der Waals surface area (Å²) in [5, 5.41) is 0. The van der Waals surface area contributed by atoms with Crippen LogP contribution in [0.15, 0.2) is 146 Å². The van der Waals surface area contributed by atoms with Crippen molar-refractivity contribution in [1.82, 2.24) is 24.9 Å². The van der Waals surface area contributed by atoms with Crippen LogP contribution in [0, 0.1) is 0 Å². The number of benzene rings is 4. The van der Waals surface area contributed by atoms with E-state index < -0.39 is 0 Å². The highest BCUT2D eigenvalue weighted by atomic mass is 15.2. The molecule has 9 rings (SSSR count). The van der Waals surface area contributed by atoms with Gasteiger partial charge in [-0.2, -0.15) is 0 Å². The van der Waals surface area contributed by atoms with Crippen LogP contribution in [0.3, 0.4) is 0 Å². The van der Waals surface area contributed by atoms with Gasteiger partial charge in [-0.15, -0.1) is 0 Å². The Bertz CT molecular complexity index is 2240. The van der Waals surface area contributed by atoms with Crippen molar-refractivity contribution in [2.24, 2.45) is 0 Å². The lowest BCUT2D eigenvalue weighted by Gasteiger charge is -2.42. The molecule has 2 aliphatic rings. The van der Waals surface area contributed by atoms with Gasteiger partial charge in [0.25, 0.3) is 0 Å². The van der Waals surface area contributed by atoms with Crippen molar-refractivity contribution in [3.63, 3.8) is 0 Å². The van der Waals surface area contributed by atoms with E-state index in [0.717, 1.165) is 29.5 Å². The van der Waals surface area contributed by atoms with Crippen LogP contribution in [0.1, 0.15) is 68.2 Å². The first-order valence-corrected chi connectivity index (χ1v) is 18.3. The van der Waals surface area contributed by atoms with Gasteiger partial charge in [0.1, 0.15) is 0 Å². The molecule has 0 N–H and O–H groups in total. The van der Waals surface area contributed by atoms with Crippen LogP contribution in [0.2, 0.25) is 0 Å². The summed E-state index contributed by atoms with van der Waals surface area (Å²) in [6.07, 6.45) is 13.0. The molecule has 6 nitrogen and oxygen atoms in total. The minimum Gasteiger partial charge on any atom is -0.310 e. The summed E-state index contributed by atoms with van der Waals surface area (Å²) in [5.74, 6) is 1.89. The molecule has 0 amide bonds. The van der Waals surface area contributed by atoms with E-state index in [0.29, 0.717) is 17.5 Å². The van der Waals surface area contributed by atoms with Crippen LogP contribution < -0.4 is 4.90 Å². The summed E-state index contributed by atoms with van der Waals surface area (Å²) in [6.45, 7) is 4.67. The predicted octanol–water partition coefficient (Wildman–Crippen LogP) is 11.0. The second kappa shape index (κ2) is 13.0. The third-order valence-corrected chi connectivity index (χ3v) is 11.2. The van der Waals surface area contributed by atoms with Crippen LogP contribution in [0.4, 0.5) is 17.1 Å². The van der Waals surface area contributed by atoms with Crippen molar-refractivity contribution in [3.05, 3.63) is 168 Å². The highest BCUT2D eigenvalue weighted by Gasteiger charge is 2.38. The Kier molecular flexibility index (Phi) is 7.95. The third kappa shape index (κ3) is 5.46. The Hall–Kier alpha value is -6.01. The van der Waals surface area contributed by atoms with E-state index >= 15 is 0 Å². The average Bonchev–Trinajstić information content (AvgIpc) is 3.22. The standard InChI is InChI=1S/C46H40N6/c1-45(2)38-10-4-6-12-40(38)52(41-13-7-5-11-39(41)45)37-20-18-36(19-21-37)46(26-8-3-9-27-46)35-16-14-32(15-17-35)42-49-43(33-22-28-47-29-23-33)51-44(50-42)34-24-30-48-31-25-34/h4-7,10-25,28-31H,3,8-9,26-27H2,1-2H3. The van der Waals surface area contributed by atoms with Crippen LogP contribution >= 0.6 is 0 Å². The Morgan fingerprint density at radius 3 is 1.37 bits per heavy atom. The zero-order valence-electron chi connectivity index (χ0n) is 29.6. The number of anilines is 3.